The van der Waals surface area contributed by atoms with E-state index in [1.165, 1.54) is 11.3 Å². The van der Waals surface area contributed by atoms with E-state index in [9.17, 15) is 9.59 Å². The summed E-state index contributed by atoms with van der Waals surface area (Å²) in [6, 6.07) is 8.69. The second-order valence-electron chi connectivity index (χ2n) is 6.20. The Bertz CT molecular complexity index is 1040. The van der Waals surface area contributed by atoms with Crippen molar-refractivity contribution in [1.29, 1.82) is 0 Å². The summed E-state index contributed by atoms with van der Waals surface area (Å²) in [6.45, 7) is 0.438. The zero-order valence-electron chi connectivity index (χ0n) is 14.4. The summed E-state index contributed by atoms with van der Waals surface area (Å²) < 4.78 is 0. The largest absolute Gasteiger partial charge is 0.312 e. The van der Waals surface area contributed by atoms with E-state index in [4.69, 9.17) is 23.2 Å². The van der Waals surface area contributed by atoms with Gasteiger partial charge < -0.3 is 10.2 Å². The van der Waals surface area contributed by atoms with Crippen molar-refractivity contribution >= 4 is 57.2 Å². The molecule has 1 aliphatic rings. The van der Waals surface area contributed by atoms with Gasteiger partial charge in [0.05, 0.1) is 15.7 Å². The highest BCUT2D eigenvalue weighted by Gasteiger charge is 2.38. The fourth-order valence-corrected chi connectivity index (χ4v) is 4.02. The molecule has 1 aromatic carbocycles. The Morgan fingerprint density at radius 2 is 2.11 bits per heavy atom. The Morgan fingerprint density at radius 3 is 2.86 bits per heavy atom. The molecule has 2 amide bonds. The molecule has 4 rings (SSSR count). The number of rotatable bonds is 4. The van der Waals surface area contributed by atoms with Crippen LogP contribution in [-0.2, 0) is 9.59 Å². The van der Waals surface area contributed by atoms with Crippen LogP contribution in [0.3, 0.4) is 0 Å². The number of nitrogens with one attached hydrogen (secondary N) is 1. The van der Waals surface area contributed by atoms with Gasteiger partial charge in [0.2, 0.25) is 11.8 Å². The minimum Gasteiger partial charge on any atom is -0.312 e. The number of hydrogen-bond donors (Lipinski definition) is 1. The van der Waals surface area contributed by atoms with Gasteiger partial charge in [0.15, 0.2) is 5.13 Å². The zero-order valence-corrected chi connectivity index (χ0v) is 16.8. The molecule has 1 aliphatic heterocycles. The van der Waals surface area contributed by atoms with E-state index in [1.54, 1.807) is 35.5 Å². The number of carbonyl (C=O) groups is 2. The molecule has 6 nitrogen and oxygen atoms in total. The summed E-state index contributed by atoms with van der Waals surface area (Å²) in [5.41, 5.74) is 2.22. The second kappa shape index (κ2) is 7.87. The lowest BCUT2D eigenvalue weighted by Gasteiger charge is -2.17. The van der Waals surface area contributed by atoms with Crippen LogP contribution in [-0.4, -0.2) is 28.3 Å². The monoisotopic (exact) mass is 432 g/mol. The van der Waals surface area contributed by atoms with E-state index in [1.807, 2.05) is 17.5 Å². The molecule has 3 aromatic rings. The van der Waals surface area contributed by atoms with Gasteiger partial charge in [-0.15, -0.1) is 11.3 Å². The minimum absolute atomic E-state index is 0.264. The number of anilines is 2. The first-order chi connectivity index (χ1) is 13.5. The van der Waals surface area contributed by atoms with Crippen LogP contribution < -0.4 is 10.2 Å². The first-order valence-corrected chi connectivity index (χ1v) is 10.1. The third kappa shape index (κ3) is 3.73. The van der Waals surface area contributed by atoms with Crippen molar-refractivity contribution in [3.8, 4) is 11.3 Å². The summed E-state index contributed by atoms with van der Waals surface area (Å²) >= 11 is 13.3. The molecule has 0 bridgehead atoms. The lowest BCUT2D eigenvalue weighted by Crippen LogP contribution is -2.33. The van der Waals surface area contributed by atoms with Crippen molar-refractivity contribution < 1.29 is 9.59 Å². The van der Waals surface area contributed by atoms with Crippen LogP contribution in [0.4, 0.5) is 10.8 Å². The first kappa shape index (κ1) is 18.9. The quantitative estimate of drug-likeness (QED) is 0.615. The molecule has 0 saturated carbocycles. The van der Waals surface area contributed by atoms with Gasteiger partial charge in [-0.05, 0) is 36.8 Å². The second-order valence-corrected chi connectivity index (χ2v) is 7.87. The number of benzene rings is 1. The number of amides is 2. The molecule has 142 valence electrons. The van der Waals surface area contributed by atoms with Crippen LogP contribution in [0.5, 0.6) is 0 Å². The maximum atomic E-state index is 12.7. The van der Waals surface area contributed by atoms with Gasteiger partial charge in [-0.2, -0.15) is 0 Å². The van der Waals surface area contributed by atoms with Gasteiger partial charge >= 0.3 is 0 Å². The Labute approximate surface area is 175 Å². The van der Waals surface area contributed by atoms with E-state index in [0.29, 0.717) is 33.8 Å². The highest BCUT2D eigenvalue weighted by atomic mass is 35.5. The number of pyridine rings is 1. The average Bonchev–Trinajstić information content (AvgIpc) is 3.31. The average molecular weight is 433 g/mol. The molecular formula is C19H14Cl2N4O2S. The Morgan fingerprint density at radius 1 is 1.25 bits per heavy atom. The predicted molar refractivity (Wildman–Crippen MR) is 111 cm³/mol. The molecule has 3 heterocycles. The van der Waals surface area contributed by atoms with Crippen LogP contribution in [0.25, 0.3) is 11.3 Å². The number of aromatic nitrogens is 2. The topological polar surface area (TPSA) is 75.2 Å². The van der Waals surface area contributed by atoms with Crippen LogP contribution in [0.2, 0.25) is 10.0 Å². The molecule has 2 aromatic heterocycles. The summed E-state index contributed by atoms with van der Waals surface area (Å²) in [7, 11) is 0. The van der Waals surface area contributed by atoms with Gasteiger partial charge in [0.25, 0.3) is 0 Å². The molecular weight excluding hydrogens is 419 g/mol. The van der Waals surface area contributed by atoms with Crippen LogP contribution in [0, 0.1) is 5.92 Å². The van der Waals surface area contributed by atoms with Gasteiger partial charge in [0, 0.05) is 35.6 Å². The van der Waals surface area contributed by atoms with Crippen molar-refractivity contribution in [2.75, 3.05) is 16.8 Å². The van der Waals surface area contributed by atoms with E-state index in [-0.39, 0.29) is 11.8 Å². The number of thiazole rings is 1. The summed E-state index contributed by atoms with van der Waals surface area (Å²) in [5.74, 6) is -1.39. The van der Waals surface area contributed by atoms with Crippen LogP contribution >= 0.6 is 34.5 Å². The van der Waals surface area contributed by atoms with Crippen molar-refractivity contribution in [2.24, 2.45) is 5.92 Å². The molecule has 0 spiro atoms. The highest BCUT2D eigenvalue weighted by Crippen LogP contribution is 2.32. The zero-order chi connectivity index (χ0) is 19.7. The maximum Gasteiger partial charge on any atom is 0.239 e. The van der Waals surface area contributed by atoms with E-state index >= 15 is 0 Å². The predicted octanol–water partition coefficient (Wildman–Crippen LogP) is 4.50. The van der Waals surface area contributed by atoms with Crippen molar-refractivity contribution in [2.45, 2.75) is 6.42 Å². The summed E-state index contributed by atoms with van der Waals surface area (Å²) in [5, 5.41) is 5.82. The SMILES string of the molecule is O=C(Nc1nc(-c2cccnc2)cs1)C1CCN(c2ccc(Cl)c(Cl)c2)C1=O. The Hall–Kier alpha value is -2.48. The van der Waals surface area contributed by atoms with E-state index in [2.05, 4.69) is 15.3 Å². The lowest BCUT2D eigenvalue weighted by molar-refractivity contribution is -0.129. The maximum absolute atomic E-state index is 12.7. The third-order valence-corrected chi connectivity index (χ3v) is 5.93. The number of hydrogen-bond acceptors (Lipinski definition) is 5. The Balaban J connectivity index is 1.45. The lowest BCUT2D eigenvalue weighted by atomic mass is 10.1. The number of carbonyl (C=O) groups excluding carboxylic acids is 2. The molecule has 1 N–H and O–H groups in total. The summed E-state index contributed by atoms with van der Waals surface area (Å²) in [6.07, 6.45) is 3.81. The molecule has 1 atom stereocenters. The van der Waals surface area contributed by atoms with Gasteiger partial charge in [-0.1, -0.05) is 23.2 Å². The van der Waals surface area contributed by atoms with Gasteiger partial charge in [-0.25, -0.2) is 4.98 Å². The first-order valence-electron chi connectivity index (χ1n) is 8.46. The molecule has 1 fully saturated rings. The van der Waals surface area contributed by atoms with Crippen LogP contribution in [0.1, 0.15) is 6.42 Å². The van der Waals surface area contributed by atoms with Gasteiger partial charge in [-0.3, -0.25) is 14.6 Å². The fraction of sp³-hybridized carbons (Fsp3) is 0.158. The van der Waals surface area contributed by atoms with Gasteiger partial charge in [0.1, 0.15) is 5.92 Å². The van der Waals surface area contributed by atoms with Crippen molar-refractivity contribution in [3.05, 3.63) is 58.2 Å². The van der Waals surface area contributed by atoms with E-state index in [0.717, 1.165) is 11.3 Å². The summed E-state index contributed by atoms with van der Waals surface area (Å²) in [4.78, 5) is 35.4. The van der Waals surface area contributed by atoms with Crippen LogP contribution in [0.15, 0.2) is 48.1 Å². The fourth-order valence-electron chi connectivity index (χ4n) is 3.00. The molecule has 0 radical (unpaired) electrons. The Kier molecular flexibility index (Phi) is 5.30. The van der Waals surface area contributed by atoms with Crippen molar-refractivity contribution in [3.63, 3.8) is 0 Å². The molecule has 1 unspecified atom stereocenters. The standard InChI is InChI=1S/C19H14Cl2N4O2S/c20-14-4-3-12(8-15(14)21)25-7-5-13(18(25)27)17(26)24-19-23-16(10-28-19)11-2-1-6-22-9-11/h1-4,6,8-10,13H,5,7H2,(H,23,24,26). The molecule has 0 aliphatic carbocycles. The highest BCUT2D eigenvalue weighted by molar-refractivity contribution is 7.14. The minimum atomic E-state index is -0.764. The normalized spacial score (nSPS) is 16.4. The number of halogens is 2. The number of nitrogens with zero attached hydrogens (tertiary/aromatic N) is 3. The van der Waals surface area contributed by atoms with Crippen molar-refractivity contribution in [1.82, 2.24) is 9.97 Å². The smallest absolute Gasteiger partial charge is 0.239 e. The molecule has 1 saturated heterocycles. The third-order valence-electron chi connectivity index (χ3n) is 4.43. The molecule has 28 heavy (non-hydrogen) atoms. The molecule has 9 heteroatoms. The van der Waals surface area contributed by atoms with E-state index < -0.39 is 5.92 Å².